The van der Waals surface area contributed by atoms with Gasteiger partial charge in [0.2, 0.25) is 5.91 Å². The van der Waals surface area contributed by atoms with Crippen LogP contribution in [0.4, 0.5) is 5.82 Å². The summed E-state index contributed by atoms with van der Waals surface area (Å²) in [5.74, 6) is 0.0172. The third kappa shape index (κ3) is 2.03. The zero-order chi connectivity index (χ0) is 13.4. The molecule has 19 heavy (non-hydrogen) atoms. The first-order valence-corrected chi connectivity index (χ1v) is 6.09. The summed E-state index contributed by atoms with van der Waals surface area (Å²) in [4.78, 5) is 30.3. The number of carbonyl (C=O) groups is 1. The molecule has 1 aromatic heterocycles. The number of H-pyrrole nitrogens is 1. The average molecular weight is 255 g/mol. The van der Waals surface area contributed by atoms with Gasteiger partial charge in [-0.15, -0.1) is 0 Å². The second-order valence-corrected chi connectivity index (χ2v) is 4.71. The Morgan fingerprint density at radius 1 is 1.21 bits per heavy atom. The van der Waals surface area contributed by atoms with Crippen molar-refractivity contribution in [3.63, 3.8) is 0 Å². The molecule has 0 bridgehead atoms. The first kappa shape index (κ1) is 11.6. The van der Waals surface area contributed by atoms with Crippen LogP contribution in [0, 0.1) is 6.92 Å². The molecule has 1 unspecified atom stereocenters. The minimum Gasteiger partial charge on any atom is -0.313 e. The van der Waals surface area contributed by atoms with Crippen LogP contribution in [-0.2, 0) is 4.79 Å². The Balaban J connectivity index is 2.15. The lowest BCUT2D eigenvalue weighted by molar-refractivity contribution is -0.116. The van der Waals surface area contributed by atoms with E-state index in [9.17, 15) is 9.59 Å². The summed E-state index contributed by atoms with van der Waals surface area (Å²) in [6, 6.07) is 7.86. The Kier molecular flexibility index (Phi) is 2.67. The SMILES string of the molecule is Cc1ccc(C2CC(=O)Nc3nc[nH]c(=O)c32)cc1. The van der Waals surface area contributed by atoms with Gasteiger partial charge in [0.1, 0.15) is 5.82 Å². The normalized spacial score (nSPS) is 17.7. The van der Waals surface area contributed by atoms with Crippen LogP contribution in [0.2, 0.25) is 0 Å². The van der Waals surface area contributed by atoms with Crippen LogP contribution in [0.25, 0.3) is 0 Å². The van der Waals surface area contributed by atoms with Crippen LogP contribution in [-0.4, -0.2) is 15.9 Å². The number of aryl methyl sites for hydroxylation is 1. The van der Waals surface area contributed by atoms with Gasteiger partial charge in [-0.1, -0.05) is 29.8 Å². The summed E-state index contributed by atoms with van der Waals surface area (Å²) in [6.45, 7) is 2.00. The number of fused-ring (bicyclic) bond motifs is 1. The van der Waals surface area contributed by atoms with Crippen LogP contribution in [0.5, 0.6) is 0 Å². The monoisotopic (exact) mass is 255 g/mol. The van der Waals surface area contributed by atoms with Gasteiger partial charge in [-0.3, -0.25) is 9.59 Å². The molecule has 2 heterocycles. The maximum atomic E-state index is 12.0. The van der Waals surface area contributed by atoms with E-state index in [1.807, 2.05) is 31.2 Å². The van der Waals surface area contributed by atoms with Crippen molar-refractivity contribution in [3.8, 4) is 0 Å². The van der Waals surface area contributed by atoms with Crippen LogP contribution in [0.1, 0.15) is 29.0 Å². The first-order chi connectivity index (χ1) is 9.15. The van der Waals surface area contributed by atoms with Gasteiger partial charge in [0.25, 0.3) is 5.56 Å². The molecule has 1 aromatic carbocycles. The molecular formula is C14H13N3O2. The van der Waals surface area contributed by atoms with Crippen molar-refractivity contribution < 1.29 is 4.79 Å². The highest BCUT2D eigenvalue weighted by Crippen LogP contribution is 2.33. The van der Waals surface area contributed by atoms with Crippen molar-refractivity contribution >= 4 is 11.7 Å². The van der Waals surface area contributed by atoms with Gasteiger partial charge < -0.3 is 10.3 Å². The van der Waals surface area contributed by atoms with Crippen LogP contribution >= 0.6 is 0 Å². The van der Waals surface area contributed by atoms with E-state index in [0.29, 0.717) is 11.4 Å². The number of aromatic nitrogens is 2. The summed E-state index contributed by atoms with van der Waals surface area (Å²) in [6.07, 6.45) is 1.57. The lowest BCUT2D eigenvalue weighted by atomic mass is 9.86. The summed E-state index contributed by atoms with van der Waals surface area (Å²) < 4.78 is 0. The minimum absolute atomic E-state index is 0.115. The Labute approximate surface area is 109 Å². The second-order valence-electron chi connectivity index (χ2n) is 4.71. The number of hydrogen-bond donors (Lipinski definition) is 2. The third-order valence-corrected chi connectivity index (χ3v) is 3.36. The smallest absolute Gasteiger partial charge is 0.256 e. The van der Waals surface area contributed by atoms with E-state index in [-0.39, 0.29) is 23.8 Å². The first-order valence-electron chi connectivity index (χ1n) is 6.09. The van der Waals surface area contributed by atoms with E-state index >= 15 is 0 Å². The maximum Gasteiger partial charge on any atom is 0.256 e. The number of benzene rings is 1. The highest BCUT2D eigenvalue weighted by atomic mass is 16.2. The molecule has 96 valence electrons. The summed E-state index contributed by atoms with van der Waals surface area (Å²) in [5.41, 5.74) is 2.44. The fourth-order valence-corrected chi connectivity index (χ4v) is 2.39. The molecule has 5 nitrogen and oxygen atoms in total. The van der Waals surface area contributed by atoms with Crippen LogP contribution in [0.3, 0.4) is 0 Å². The predicted molar refractivity (Wildman–Crippen MR) is 71.1 cm³/mol. The molecule has 2 N–H and O–H groups in total. The molecule has 5 heteroatoms. The zero-order valence-electron chi connectivity index (χ0n) is 10.4. The molecule has 0 saturated heterocycles. The topological polar surface area (TPSA) is 74.8 Å². The second kappa shape index (κ2) is 4.35. The standard InChI is InChI=1S/C14H13N3O2/c1-8-2-4-9(5-3-8)10-6-11(18)17-13-12(10)14(19)16-7-15-13/h2-5,7,10H,6H2,1H3,(H2,15,16,17,18,19). The number of nitrogens with zero attached hydrogens (tertiary/aromatic N) is 1. The Bertz CT molecular complexity index is 689. The van der Waals surface area contributed by atoms with Gasteiger partial charge in [-0.2, -0.15) is 0 Å². The quantitative estimate of drug-likeness (QED) is 0.811. The van der Waals surface area contributed by atoms with E-state index < -0.39 is 0 Å². The lowest BCUT2D eigenvalue weighted by Gasteiger charge is -2.23. The molecule has 0 radical (unpaired) electrons. The predicted octanol–water partition coefficient (Wildman–Crippen LogP) is 1.55. The molecule has 2 aromatic rings. The molecule has 1 aliphatic heterocycles. The zero-order valence-corrected chi connectivity index (χ0v) is 10.4. The largest absolute Gasteiger partial charge is 0.313 e. The van der Waals surface area contributed by atoms with Crippen molar-refractivity contribution in [1.82, 2.24) is 9.97 Å². The summed E-state index contributed by atoms with van der Waals surface area (Å²) in [7, 11) is 0. The van der Waals surface area contributed by atoms with Crippen molar-refractivity contribution in [3.05, 3.63) is 57.6 Å². The van der Waals surface area contributed by atoms with Crippen molar-refractivity contribution in [2.45, 2.75) is 19.3 Å². The number of rotatable bonds is 1. The highest BCUT2D eigenvalue weighted by Gasteiger charge is 2.29. The Morgan fingerprint density at radius 3 is 2.68 bits per heavy atom. The van der Waals surface area contributed by atoms with Crippen LogP contribution < -0.4 is 10.9 Å². The third-order valence-electron chi connectivity index (χ3n) is 3.36. The van der Waals surface area contributed by atoms with E-state index in [1.165, 1.54) is 6.33 Å². The molecule has 0 spiro atoms. The molecule has 1 aliphatic rings. The van der Waals surface area contributed by atoms with E-state index in [0.717, 1.165) is 11.1 Å². The van der Waals surface area contributed by atoms with Gasteiger partial charge in [-0.25, -0.2) is 4.98 Å². The molecule has 0 aliphatic carbocycles. The van der Waals surface area contributed by atoms with Gasteiger partial charge in [0.05, 0.1) is 11.9 Å². The number of carbonyl (C=O) groups excluding carboxylic acids is 1. The van der Waals surface area contributed by atoms with E-state index in [4.69, 9.17) is 0 Å². The molecule has 0 fully saturated rings. The number of amides is 1. The van der Waals surface area contributed by atoms with Crippen LogP contribution in [0.15, 0.2) is 35.4 Å². The number of anilines is 1. The minimum atomic E-state index is -0.234. The molecular weight excluding hydrogens is 242 g/mol. The summed E-state index contributed by atoms with van der Waals surface area (Å²) >= 11 is 0. The van der Waals surface area contributed by atoms with Gasteiger partial charge in [0, 0.05) is 12.3 Å². The van der Waals surface area contributed by atoms with Gasteiger partial charge in [0.15, 0.2) is 0 Å². The molecule has 0 saturated carbocycles. The summed E-state index contributed by atoms with van der Waals surface area (Å²) in [5, 5.41) is 2.64. The Hall–Kier alpha value is -2.43. The van der Waals surface area contributed by atoms with E-state index in [2.05, 4.69) is 15.3 Å². The lowest BCUT2D eigenvalue weighted by Crippen LogP contribution is -2.30. The molecule has 1 amide bonds. The highest BCUT2D eigenvalue weighted by molar-refractivity contribution is 5.94. The number of nitrogens with one attached hydrogen (secondary N) is 2. The van der Waals surface area contributed by atoms with Crippen molar-refractivity contribution in [1.29, 1.82) is 0 Å². The Morgan fingerprint density at radius 2 is 1.95 bits per heavy atom. The molecule has 1 atom stereocenters. The fourth-order valence-electron chi connectivity index (χ4n) is 2.39. The fraction of sp³-hybridized carbons (Fsp3) is 0.214. The number of aromatic amines is 1. The maximum absolute atomic E-state index is 12.0. The van der Waals surface area contributed by atoms with Crippen molar-refractivity contribution in [2.24, 2.45) is 0 Å². The number of hydrogen-bond acceptors (Lipinski definition) is 3. The average Bonchev–Trinajstić information content (AvgIpc) is 2.38. The van der Waals surface area contributed by atoms with Gasteiger partial charge in [-0.05, 0) is 12.5 Å². The van der Waals surface area contributed by atoms with Gasteiger partial charge >= 0.3 is 0 Å². The van der Waals surface area contributed by atoms with Crippen molar-refractivity contribution in [2.75, 3.05) is 5.32 Å². The van der Waals surface area contributed by atoms with E-state index in [1.54, 1.807) is 0 Å². The molecule has 3 rings (SSSR count).